The summed E-state index contributed by atoms with van der Waals surface area (Å²) in [6, 6.07) is 0. The van der Waals surface area contributed by atoms with Gasteiger partial charge < -0.3 is 4.74 Å². The third-order valence-electron chi connectivity index (χ3n) is 0.935. The number of hydrogen-bond acceptors (Lipinski definition) is 3. The molecule has 0 saturated carbocycles. The molecule has 0 spiro atoms. The van der Waals surface area contributed by atoms with Crippen LogP contribution < -0.4 is 0 Å². The van der Waals surface area contributed by atoms with Crippen LogP contribution in [0.3, 0.4) is 0 Å². The summed E-state index contributed by atoms with van der Waals surface area (Å²) in [7, 11) is 0. The largest absolute Gasteiger partial charge is 0.389 e. The van der Waals surface area contributed by atoms with Crippen LogP contribution >= 0.6 is 15.9 Å². The Bertz CT molecular complexity index is 194. The molecule has 0 amide bonds. The van der Waals surface area contributed by atoms with E-state index in [4.69, 9.17) is 0 Å². The zero-order valence-electron chi connectivity index (χ0n) is 4.39. The topological polar surface area (TPSA) is 43.4 Å². The first-order valence-corrected chi connectivity index (χ1v) is 3.20. The van der Waals surface area contributed by atoms with Gasteiger partial charge in [-0.2, -0.15) is 0 Å². The van der Waals surface area contributed by atoms with Crippen LogP contribution in [-0.2, 0) is 14.3 Å². The Morgan fingerprint density at radius 2 is 2.22 bits per heavy atom. The molecule has 1 heterocycles. The highest BCUT2D eigenvalue weighted by atomic mass is 79.9. The van der Waals surface area contributed by atoms with Crippen LogP contribution in [0, 0.1) is 0 Å². The van der Waals surface area contributed by atoms with Gasteiger partial charge in [-0.1, -0.05) is 15.9 Å². The molecule has 9 heavy (non-hydrogen) atoms. The van der Waals surface area contributed by atoms with Gasteiger partial charge in [-0.05, 0) is 4.99 Å². The van der Waals surface area contributed by atoms with Gasteiger partial charge in [-0.15, -0.1) is 0 Å². The second-order valence-corrected chi connectivity index (χ2v) is 2.03. The Kier molecular flexibility index (Phi) is 1.66. The van der Waals surface area contributed by atoms with E-state index in [1.165, 1.54) is 4.99 Å². The average Bonchev–Trinajstić information content (AvgIpc) is 2.10. The molecule has 1 rings (SSSR count). The molecule has 0 aromatic heterocycles. The zero-order valence-corrected chi connectivity index (χ0v) is 5.97. The van der Waals surface area contributed by atoms with E-state index in [1.54, 1.807) is 0 Å². The normalized spacial score (nSPS) is 23.0. The Balaban J connectivity index is 2.81. The van der Waals surface area contributed by atoms with E-state index in [0.29, 0.717) is 5.57 Å². The number of cyclic esters (lactones) is 2. The van der Waals surface area contributed by atoms with Gasteiger partial charge in [0.15, 0.2) is 0 Å². The highest BCUT2D eigenvalue weighted by Gasteiger charge is 2.25. The first-order valence-electron chi connectivity index (χ1n) is 2.28. The van der Waals surface area contributed by atoms with Gasteiger partial charge in [0, 0.05) is 0 Å². The van der Waals surface area contributed by atoms with Crippen molar-refractivity contribution in [1.82, 2.24) is 0 Å². The van der Waals surface area contributed by atoms with E-state index in [1.807, 2.05) is 0 Å². The van der Waals surface area contributed by atoms with Crippen LogP contribution in [0.4, 0.5) is 0 Å². The van der Waals surface area contributed by atoms with E-state index in [-0.39, 0.29) is 6.42 Å². The van der Waals surface area contributed by atoms with Gasteiger partial charge in [-0.25, -0.2) is 4.79 Å². The van der Waals surface area contributed by atoms with Gasteiger partial charge in [0.1, 0.15) is 0 Å². The quantitative estimate of drug-likeness (QED) is 0.322. The van der Waals surface area contributed by atoms with E-state index in [9.17, 15) is 9.59 Å². The Morgan fingerprint density at radius 1 is 1.56 bits per heavy atom. The van der Waals surface area contributed by atoms with Crippen molar-refractivity contribution in [2.45, 2.75) is 6.42 Å². The lowest BCUT2D eigenvalue weighted by atomic mass is 10.3. The van der Waals surface area contributed by atoms with Crippen molar-refractivity contribution >= 4 is 27.9 Å². The number of halogens is 1. The molecule has 1 aliphatic rings. The standard InChI is InChI=1S/C5H3BrO3/c6-2-3-1-4(7)9-5(3)8/h2H,1H2/b3-2-. The third kappa shape index (κ3) is 1.18. The molecule has 0 aromatic rings. The zero-order chi connectivity index (χ0) is 6.85. The highest BCUT2D eigenvalue weighted by Crippen LogP contribution is 2.15. The third-order valence-corrected chi connectivity index (χ3v) is 1.49. The fraction of sp³-hybridized carbons (Fsp3) is 0.200. The molecule has 1 aliphatic heterocycles. The monoisotopic (exact) mass is 190 g/mol. The van der Waals surface area contributed by atoms with Gasteiger partial charge >= 0.3 is 11.9 Å². The van der Waals surface area contributed by atoms with Crippen LogP contribution in [0.2, 0.25) is 0 Å². The summed E-state index contributed by atoms with van der Waals surface area (Å²) in [5.41, 5.74) is 0.375. The lowest BCUT2D eigenvalue weighted by molar-refractivity contribution is -0.151. The molecule has 0 unspecified atom stereocenters. The summed E-state index contributed by atoms with van der Waals surface area (Å²) in [4.78, 5) is 22.2. The fourth-order valence-electron chi connectivity index (χ4n) is 0.516. The van der Waals surface area contributed by atoms with Crippen molar-refractivity contribution in [2.75, 3.05) is 0 Å². The maximum atomic E-state index is 10.5. The minimum atomic E-state index is -0.545. The van der Waals surface area contributed by atoms with Gasteiger partial charge in [-0.3, -0.25) is 4.79 Å². The van der Waals surface area contributed by atoms with Crippen molar-refractivity contribution in [2.24, 2.45) is 0 Å². The number of ether oxygens (including phenoxy) is 1. The average molecular weight is 191 g/mol. The summed E-state index contributed by atoms with van der Waals surface area (Å²) in [6.45, 7) is 0. The molecule has 1 fully saturated rings. The summed E-state index contributed by atoms with van der Waals surface area (Å²) in [6.07, 6.45) is 0.0874. The van der Waals surface area contributed by atoms with Crippen LogP contribution in [0.1, 0.15) is 6.42 Å². The lowest BCUT2D eigenvalue weighted by Gasteiger charge is -1.81. The van der Waals surface area contributed by atoms with Crippen LogP contribution in [-0.4, -0.2) is 11.9 Å². The molecule has 3 nitrogen and oxygen atoms in total. The molecular formula is C5H3BrO3. The Morgan fingerprint density at radius 3 is 2.44 bits per heavy atom. The molecule has 4 heteroatoms. The maximum Gasteiger partial charge on any atom is 0.342 e. The second-order valence-electron chi connectivity index (χ2n) is 1.57. The molecule has 0 aromatic carbocycles. The molecular weight excluding hydrogens is 188 g/mol. The molecule has 0 N–H and O–H groups in total. The smallest absolute Gasteiger partial charge is 0.342 e. The second kappa shape index (κ2) is 2.31. The molecule has 48 valence electrons. The molecule has 0 bridgehead atoms. The van der Waals surface area contributed by atoms with Crippen molar-refractivity contribution in [3.63, 3.8) is 0 Å². The predicted octanol–water partition coefficient (Wildman–Crippen LogP) is 0.739. The lowest BCUT2D eigenvalue weighted by Crippen LogP contribution is -1.96. The molecule has 0 aliphatic carbocycles. The molecule has 0 radical (unpaired) electrons. The van der Waals surface area contributed by atoms with Crippen molar-refractivity contribution in [3.05, 3.63) is 10.6 Å². The van der Waals surface area contributed by atoms with Crippen molar-refractivity contribution in [3.8, 4) is 0 Å². The van der Waals surface area contributed by atoms with E-state index in [2.05, 4.69) is 20.7 Å². The molecule has 0 atom stereocenters. The maximum absolute atomic E-state index is 10.5. The Labute approximate surface area is 59.8 Å². The molecule has 1 saturated heterocycles. The number of esters is 2. The van der Waals surface area contributed by atoms with E-state index < -0.39 is 11.9 Å². The van der Waals surface area contributed by atoms with Crippen molar-refractivity contribution in [1.29, 1.82) is 0 Å². The first-order chi connectivity index (χ1) is 4.24. The summed E-state index contributed by atoms with van der Waals surface area (Å²) >= 11 is 2.93. The fourth-order valence-corrected chi connectivity index (χ4v) is 0.865. The summed E-state index contributed by atoms with van der Waals surface area (Å²) in [5, 5.41) is 0. The van der Waals surface area contributed by atoms with Gasteiger partial charge in [0.05, 0.1) is 12.0 Å². The van der Waals surface area contributed by atoms with Crippen LogP contribution in [0.5, 0.6) is 0 Å². The van der Waals surface area contributed by atoms with Gasteiger partial charge in [0.2, 0.25) is 0 Å². The summed E-state index contributed by atoms with van der Waals surface area (Å²) < 4.78 is 4.19. The summed E-state index contributed by atoms with van der Waals surface area (Å²) in [5.74, 6) is -1.03. The number of carbonyl (C=O) groups is 2. The van der Waals surface area contributed by atoms with Crippen molar-refractivity contribution < 1.29 is 14.3 Å². The minimum absolute atomic E-state index is 0.0874. The SMILES string of the molecule is O=C1C/C(=C/Br)C(=O)O1. The van der Waals surface area contributed by atoms with E-state index >= 15 is 0 Å². The van der Waals surface area contributed by atoms with Gasteiger partial charge in [0.25, 0.3) is 0 Å². The number of hydrogen-bond donors (Lipinski definition) is 0. The number of rotatable bonds is 0. The predicted molar refractivity (Wildman–Crippen MR) is 32.7 cm³/mol. The van der Waals surface area contributed by atoms with Crippen LogP contribution in [0.15, 0.2) is 10.6 Å². The number of carbonyl (C=O) groups excluding carboxylic acids is 2. The first kappa shape index (κ1) is 6.48. The minimum Gasteiger partial charge on any atom is -0.389 e. The Hall–Kier alpha value is -0.640. The van der Waals surface area contributed by atoms with Crippen LogP contribution in [0.25, 0.3) is 0 Å². The highest BCUT2D eigenvalue weighted by molar-refractivity contribution is 9.11. The van der Waals surface area contributed by atoms with E-state index in [0.717, 1.165) is 0 Å².